The van der Waals surface area contributed by atoms with Crippen LogP contribution in [0.15, 0.2) is 24.3 Å². The average Bonchev–Trinajstić information content (AvgIpc) is 3.61. The van der Waals surface area contributed by atoms with Gasteiger partial charge in [0.05, 0.1) is 35.0 Å². The average molecular weight is 720 g/mol. The summed E-state index contributed by atoms with van der Waals surface area (Å²) in [6.45, 7) is 0. The van der Waals surface area contributed by atoms with E-state index in [-0.39, 0.29) is 90.3 Å². The van der Waals surface area contributed by atoms with Crippen molar-refractivity contribution in [1.82, 2.24) is 0 Å². The second-order valence-electron chi connectivity index (χ2n) is 10.6. The van der Waals surface area contributed by atoms with E-state index in [4.69, 9.17) is 0 Å². The first kappa shape index (κ1) is 22.6. The lowest BCUT2D eigenvalue weighted by molar-refractivity contribution is -0.124. The molecule has 4 bridgehead atoms. The minimum absolute atomic E-state index is 0.134. The third-order valence-corrected chi connectivity index (χ3v) is 15.7. The Kier molecular flexibility index (Phi) is 4.97. The largest absolute Gasteiger partial charge is 0.274 e. The molecule has 1 aromatic carbocycles. The van der Waals surface area contributed by atoms with Crippen molar-refractivity contribution in [1.29, 1.82) is 0 Å². The molecule has 0 unspecified atom stereocenters. The lowest BCUT2D eigenvalue weighted by Gasteiger charge is -2.28. The molecule has 6 aliphatic rings. The van der Waals surface area contributed by atoms with E-state index >= 15 is 0 Å². The van der Waals surface area contributed by atoms with Gasteiger partial charge in [-0.3, -0.25) is 19.2 Å². The Morgan fingerprint density at radius 1 is 0.559 bits per heavy atom. The zero-order valence-corrected chi connectivity index (χ0v) is 24.0. The lowest BCUT2D eigenvalue weighted by atomic mass is 9.81. The zero-order valence-electron chi connectivity index (χ0n) is 17.7. The third-order valence-electron chi connectivity index (χ3n) is 9.32. The molecule has 2 heterocycles. The summed E-state index contributed by atoms with van der Waals surface area (Å²) in [4.78, 5) is 57.0. The van der Waals surface area contributed by atoms with Gasteiger partial charge in [0, 0.05) is 19.3 Å². The number of amides is 4. The van der Waals surface area contributed by atoms with Gasteiger partial charge in [-0.25, -0.2) is 9.80 Å². The molecule has 0 N–H and O–H groups in total. The predicted molar refractivity (Wildman–Crippen MR) is 139 cm³/mol. The van der Waals surface area contributed by atoms with Gasteiger partial charge >= 0.3 is 0 Å². The van der Waals surface area contributed by atoms with Crippen LogP contribution in [-0.4, -0.2) is 42.9 Å². The van der Waals surface area contributed by atoms with E-state index < -0.39 is 0 Å². The maximum absolute atomic E-state index is 13.4. The van der Waals surface area contributed by atoms with Crippen LogP contribution in [0.3, 0.4) is 0 Å². The van der Waals surface area contributed by atoms with E-state index in [2.05, 4.69) is 63.7 Å². The number of anilines is 2. The highest BCUT2D eigenvalue weighted by Gasteiger charge is 2.68. The Balaban J connectivity index is 1.22. The summed E-state index contributed by atoms with van der Waals surface area (Å²) in [5.41, 5.74) is 0.881. The number of alkyl halides is 4. The van der Waals surface area contributed by atoms with Gasteiger partial charge in [-0.2, -0.15) is 0 Å². The number of halogens is 4. The minimum atomic E-state index is -0.309. The fourth-order valence-corrected chi connectivity index (χ4v) is 11.7. The van der Waals surface area contributed by atoms with Crippen molar-refractivity contribution in [2.45, 2.75) is 32.2 Å². The summed E-state index contributed by atoms with van der Waals surface area (Å²) in [6.07, 6.45) is 1.75. The van der Waals surface area contributed by atoms with E-state index in [0.717, 1.165) is 12.8 Å². The topological polar surface area (TPSA) is 74.8 Å². The van der Waals surface area contributed by atoms with Gasteiger partial charge in [0.1, 0.15) is 0 Å². The molecule has 12 atom stereocenters. The molecular weight excluding hydrogens is 700 g/mol. The van der Waals surface area contributed by atoms with Crippen molar-refractivity contribution in [3.63, 3.8) is 0 Å². The number of hydrogen-bond acceptors (Lipinski definition) is 4. The SMILES string of the molecule is O=C1[C@@H]2[C@H]3C[C@@H]([C@@H](Br)[C@H]3Br)[C@H]2C(=O)N1c1cccc(N2C(=O)[C@@H]3[C@H]4C[C@@H]([C@H](Br)[C@@H]4Br)[C@@H]3C2=O)c1. The van der Waals surface area contributed by atoms with Crippen LogP contribution in [0.4, 0.5) is 11.4 Å². The van der Waals surface area contributed by atoms with E-state index in [1.165, 1.54) is 9.80 Å². The number of fused-ring (bicyclic) bond motifs is 10. The Morgan fingerprint density at radius 3 is 1.15 bits per heavy atom. The Bertz CT molecular complexity index is 1030. The number of hydrogen-bond donors (Lipinski definition) is 0. The molecule has 6 fully saturated rings. The highest BCUT2D eigenvalue weighted by Crippen LogP contribution is 2.62. The summed E-state index contributed by atoms with van der Waals surface area (Å²) >= 11 is 14.9. The Morgan fingerprint density at radius 2 is 0.853 bits per heavy atom. The molecule has 34 heavy (non-hydrogen) atoms. The quantitative estimate of drug-likeness (QED) is 0.339. The van der Waals surface area contributed by atoms with Gasteiger partial charge in [0.25, 0.3) is 0 Å². The number of nitrogens with zero attached hydrogens (tertiary/aromatic N) is 2. The van der Waals surface area contributed by atoms with E-state index in [9.17, 15) is 19.2 Å². The van der Waals surface area contributed by atoms with Crippen molar-refractivity contribution in [2.75, 3.05) is 9.80 Å². The summed E-state index contributed by atoms with van der Waals surface area (Å²) in [5, 5.41) is 0. The van der Waals surface area contributed by atoms with Crippen LogP contribution in [0.25, 0.3) is 0 Å². The summed E-state index contributed by atoms with van der Waals surface area (Å²) in [5.74, 6) is -1.36. The van der Waals surface area contributed by atoms with Gasteiger partial charge in [-0.15, -0.1) is 0 Å². The van der Waals surface area contributed by atoms with Crippen LogP contribution >= 0.6 is 63.7 Å². The number of benzene rings is 1. The molecule has 10 heteroatoms. The van der Waals surface area contributed by atoms with Crippen LogP contribution in [0.5, 0.6) is 0 Å². The Labute approximate surface area is 230 Å². The lowest BCUT2D eigenvalue weighted by Crippen LogP contribution is -2.37. The van der Waals surface area contributed by atoms with Crippen molar-refractivity contribution >= 4 is 98.7 Å². The highest BCUT2D eigenvalue weighted by molar-refractivity contribution is 9.12. The third kappa shape index (κ3) is 2.62. The molecule has 0 radical (unpaired) electrons. The van der Waals surface area contributed by atoms with Gasteiger partial charge in [0.2, 0.25) is 23.6 Å². The van der Waals surface area contributed by atoms with Gasteiger partial charge in [-0.1, -0.05) is 69.8 Å². The molecule has 7 rings (SSSR count). The molecule has 4 saturated carbocycles. The standard InChI is InChI=1S/C24H20Br4N2O4/c25-17-9-5-10(18(17)26)14-13(9)21(31)29(22(14)32)7-2-1-3-8(4-7)30-23(33)15-11-6-12(16(15)24(30)34)20(28)19(11)27/h1-4,9-20H,5-6H2/t9-,10-,11-,12-,13-,14-,15-,16+,17-,18+,19-,20+/m1/s1. The predicted octanol–water partition coefficient (Wildman–Crippen LogP) is 4.25. The molecule has 4 amide bonds. The first-order chi connectivity index (χ1) is 16.2. The molecule has 0 spiro atoms. The summed E-state index contributed by atoms with van der Waals surface area (Å²) in [7, 11) is 0. The molecule has 1 aromatic rings. The normalized spacial score (nSPS) is 48.5. The number of imide groups is 2. The first-order valence-corrected chi connectivity index (χ1v) is 15.3. The fourth-order valence-electron chi connectivity index (χ4n) is 7.98. The molecule has 2 saturated heterocycles. The zero-order chi connectivity index (χ0) is 23.8. The number of carbonyl (C=O) groups is 4. The van der Waals surface area contributed by atoms with E-state index in [0.29, 0.717) is 11.4 Å². The smallest absolute Gasteiger partial charge is 0.238 e. The van der Waals surface area contributed by atoms with Crippen molar-refractivity contribution in [3.8, 4) is 0 Å². The molecular formula is C24H20Br4N2O4. The van der Waals surface area contributed by atoms with Crippen LogP contribution in [0.2, 0.25) is 0 Å². The van der Waals surface area contributed by atoms with Crippen molar-refractivity contribution in [3.05, 3.63) is 24.3 Å². The van der Waals surface area contributed by atoms with Crippen molar-refractivity contribution < 1.29 is 19.2 Å². The fraction of sp³-hybridized carbons (Fsp3) is 0.583. The van der Waals surface area contributed by atoms with Crippen LogP contribution in [0, 0.1) is 47.3 Å². The van der Waals surface area contributed by atoms with Crippen LogP contribution in [0.1, 0.15) is 12.8 Å². The van der Waals surface area contributed by atoms with Gasteiger partial charge < -0.3 is 0 Å². The summed E-state index contributed by atoms with van der Waals surface area (Å²) < 4.78 is 0. The maximum Gasteiger partial charge on any atom is 0.238 e. The monoisotopic (exact) mass is 716 g/mol. The number of rotatable bonds is 2. The van der Waals surface area contributed by atoms with Gasteiger partial charge in [0.15, 0.2) is 0 Å². The maximum atomic E-state index is 13.4. The van der Waals surface area contributed by atoms with Crippen molar-refractivity contribution in [2.24, 2.45) is 47.3 Å². The first-order valence-electron chi connectivity index (χ1n) is 11.6. The van der Waals surface area contributed by atoms with Crippen LogP contribution in [-0.2, 0) is 19.2 Å². The highest BCUT2D eigenvalue weighted by atomic mass is 79.9. The van der Waals surface area contributed by atoms with Crippen LogP contribution < -0.4 is 9.80 Å². The molecule has 2 aliphatic heterocycles. The number of carbonyl (C=O) groups excluding carboxylic acids is 4. The van der Waals surface area contributed by atoms with Gasteiger partial charge in [-0.05, 0) is 54.7 Å². The molecule has 6 nitrogen and oxygen atoms in total. The minimum Gasteiger partial charge on any atom is -0.274 e. The second kappa shape index (κ2) is 7.48. The molecule has 0 aromatic heterocycles. The Hall–Kier alpha value is -0.580. The molecule has 4 aliphatic carbocycles. The van der Waals surface area contributed by atoms with E-state index in [1.807, 2.05) is 0 Å². The molecule has 178 valence electrons. The van der Waals surface area contributed by atoms with E-state index in [1.54, 1.807) is 24.3 Å². The second-order valence-corrected chi connectivity index (χ2v) is 14.8. The summed E-state index contributed by atoms with van der Waals surface area (Å²) in [6, 6.07) is 6.82.